The lowest BCUT2D eigenvalue weighted by atomic mass is 10.1. The van der Waals surface area contributed by atoms with E-state index in [1.165, 1.54) is 12.8 Å². The predicted octanol–water partition coefficient (Wildman–Crippen LogP) is 3.01. The van der Waals surface area contributed by atoms with Crippen LogP contribution in [0.1, 0.15) is 48.5 Å². The fraction of sp³-hybridized carbons (Fsp3) is 0.500. The molecule has 0 aliphatic rings. The van der Waals surface area contributed by atoms with Gasteiger partial charge in [-0.15, -0.1) is 0 Å². The molecule has 17 heavy (non-hydrogen) atoms. The van der Waals surface area contributed by atoms with Gasteiger partial charge in [-0.25, -0.2) is 0 Å². The van der Waals surface area contributed by atoms with Crippen molar-refractivity contribution >= 4 is 5.91 Å². The highest BCUT2D eigenvalue weighted by Gasteiger charge is 2.09. The maximum Gasteiger partial charge on any atom is 0.255 e. The van der Waals surface area contributed by atoms with E-state index in [1.807, 2.05) is 6.92 Å². The zero-order valence-corrected chi connectivity index (χ0v) is 10.6. The van der Waals surface area contributed by atoms with Crippen LogP contribution in [0.4, 0.5) is 0 Å². The van der Waals surface area contributed by atoms with Gasteiger partial charge in [0.05, 0.1) is 5.56 Å². The quantitative estimate of drug-likeness (QED) is 0.745. The largest absolute Gasteiger partial charge is 0.507 e. The van der Waals surface area contributed by atoms with E-state index in [4.69, 9.17) is 0 Å². The maximum atomic E-state index is 11.8. The SMILES string of the molecule is CCCCCCNC(=O)c1cc(C)ccc1O. The molecular formula is C14H21NO2. The van der Waals surface area contributed by atoms with Crippen LogP contribution in [0.3, 0.4) is 0 Å². The van der Waals surface area contributed by atoms with E-state index >= 15 is 0 Å². The molecule has 0 spiro atoms. The zero-order chi connectivity index (χ0) is 12.7. The number of aryl methyl sites for hydroxylation is 1. The van der Waals surface area contributed by atoms with Gasteiger partial charge in [-0.3, -0.25) is 4.79 Å². The number of unbranched alkanes of at least 4 members (excludes halogenated alkanes) is 3. The average molecular weight is 235 g/mol. The van der Waals surface area contributed by atoms with Crippen LogP contribution in [0, 0.1) is 6.92 Å². The number of carbonyl (C=O) groups is 1. The van der Waals surface area contributed by atoms with Gasteiger partial charge < -0.3 is 10.4 Å². The molecule has 94 valence electrons. The predicted molar refractivity (Wildman–Crippen MR) is 69.3 cm³/mol. The van der Waals surface area contributed by atoms with Crippen molar-refractivity contribution in [3.8, 4) is 5.75 Å². The number of aromatic hydroxyl groups is 1. The van der Waals surface area contributed by atoms with Crippen molar-refractivity contribution in [2.24, 2.45) is 0 Å². The minimum atomic E-state index is -0.192. The number of rotatable bonds is 6. The highest BCUT2D eigenvalue weighted by molar-refractivity contribution is 5.96. The molecule has 0 heterocycles. The minimum Gasteiger partial charge on any atom is -0.507 e. The van der Waals surface area contributed by atoms with Gasteiger partial charge in [0.25, 0.3) is 5.91 Å². The summed E-state index contributed by atoms with van der Waals surface area (Å²) in [6.45, 7) is 4.73. The van der Waals surface area contributed by atoms with Gasteiger partial charge in [-0.1, -0.05) is 37.8 Å². The van der Waals surface area contributed by atoms with Crippen LogP contribution in [0.25, 0.3) is 0 Å². The van der Waals surface area contributed by atoms with Gasteiger partial charge in [0.15, 0.2) is 0 Å². The van der Waals surface area contributed by atoms with Crippen molar-refractivity contribution in [1.29, 1.82) is 0 Å². The number of hydrogen-bond donors (Lipinski definition) is 2. The Morgan fingerprint density at radius 3 is 2.76 bits per heavy atom. The summed E-state index contributed by atoms with van der Waals surface area (Å²) in [6, 6.07) is 5.05. The van der Waals surface area contributed by atoms with Crippen LogP contribution in [-0.2, 0) is 0 Å². The smallest absolute Gasteiger partial charge is 0.255 e. The fourth-order valence-corrected chi connectivity index (χ4v) is 1.68. The molecule has 0 aliphatic heterocycles. The van der Waals surface area contributed by atoms with Gasteiger partial charge in [-0.05, 0) is 25.5 Å². The number of amides is 1. The molecule has 0 bridgehead atoms. The van der Waals surface area contributed by atoms with Crippen molar-refractivity contribution in [2.45, 2.75) is 39.5 Å². The topological polar surface area (TPSA) is 49.3 Å². The number of hydrogen-bond acceptors (Lipinski definition) is 2. The Morgan fingerprint density at radius 1 is 1.29 bits per heavy atom. The average Bonchev–Trinajstić information content (AvgIpc) is 2.32. The Kier molecular flexibility index (Phi) is 5.53. The van der Waals surface area contributed by atoms with Crippen LogP contribution in [-0.4, -0.2) is 17.6 Å². The summed E-state index contributed by atoms with van der Waals surface area (Å²) >= 11 is 0. The van der Waals surface area contributed by atoms with Gasteiger partial charge in [-0.2, -0.15) is 0 Å². The van der Waals surface area contributed by atoms with Crippen LogP contribution in [0.5, 0.6) is 5.75 Å². The normalized spacial score (nSPS) is 10.2. The molecule has 0 aliphatic carbocycles. The highest BCUT2D eigenvalue weighted by atomic mass is 16.3. The Morgan fingerprint density at radius 2 is 2.06 bits per heavy atom. The van der Waals surface area contributed by atoms with Crippen molar-refractivity contribution in [1.82, 2.24) is 5.32 Å². The molecule has 0 radical (unpaired) electrons. The van der Waals surface area contributed by atoms with Crippen LogP contribution >= 0.6 is 0 Å². The molecule has 2 N–H and O–H groups in total. The summed E-state index contributed by atoms with van der Waals surface area (Å²) in [5, 5.41) is 12.4. The lowest BCUT2D eigenvalue weighted by Crippen LogP contribution is -2.24. The van der Waals surface area contributed by atoms with E-state index in [-0.39, 0.29) is 11.7 Å². The first-order valence-electron chi connectivity index (χ1n) is 6.23. The molecule has 1 aromatic carbocycles. The molecule has 0 atom stereocenters. The zero-order valence-electron chi connectivity index (χ0n) is 10.6. The molecule has 1 amide bonds. The van der Waals surface area contributed by atoms with Gasteiger partial charge in [0.1, 0.15) is 5.75 Å². The summed E-state index contributed by atoms with van der Waals surface area (Å²) in [6.07, 6.45) is 4.51. The number of phenolic OH excluding ortho intramolecular Hbond substituents is 1. The van der Waals surface area contributed by atoms with E-state index in [0.717, 1.165) is 18.4 Å². The summed E-state index contributed by atoms with van der Waals surface area (Å²) in [4.78, 5) is 11.8. The number of phenols is 1. The molecule has 0 unspecified atom stereocenters. The van der Waals surface area contributed by atoms with Gasteiger partial charge in [0, 0.05) is 6.54 Å². The lowest BCUT2D eigenvalue weighted by Gasteiger charge is -2.07. The summed E-state index contributed by atoms with van der Waals surface area (Å²) < 4.78 is 0. The maximum absolute atomic E-state index is 11.8. The third-order valence-electron chi connectivity index (χ3n) is 2.71. The fourth-order valence-electron chi connectivity index (χ4n) is 1.68. The van der Waals surface area contributed by atoms with Gasteiger partial charge >= 0.3 is 0 Å². The minimum absolute atomic E-state index is 0.0432. The third kappa shape index (κ3) is 4.47. The molecule has 0 saturated carbocycles. The van der Waals surface area contributed by atoms with Crippen LogP contribution in [0.2, 0.25) is 0 Å². The van der Waals surface area contributed by atoms with Crippen LogP contribution < -0.4 is 5.32 Å². The van der Waals surface area contributed by atoms with E-state index < -0.39 is 0 Å². The van der Waals surface area contributed by atoms with Crippen molar-refractivity contribution in [3.05, 3.63) is 29.3 Å². The number of benzene rings is 1. The van der Waals surface area contributed by atoms with Crippen molar-refractivity contribution in [3.63, 3.8) is 0 Å². The monoisotopic (exact) mass is 235 g/mol. The van der Waals surface area contributed by atoms with E-state index in [2.05, 4.69) is 12.2 Å². The van der Waals surface area contributed by atoms with E-state index in [1.54, 1.807) is 18.2 Å². The van der Waals surface area contributed by atoms with Gasteiger partial charge in [0.2, 0.25) is 0 Å². The molecule has 1 rings (SSSR count). The first-order valence-corrected chi connectivity index (χ1v) is 6.23. The van der Waals surface area contributed by atoms with Crippen molar-refractivity contribution in [2.75, 3.05) is 6.54 Å². The van der Waals surface area contributed by atoms with E-state index in [9.17, 15) is 9.90 Å². The molecule has 0 saturated heterocycles. The first kappa shape index (κ1) is 13.6. The summed E-state index contributed by atoms with van der Waals surface area (Å²) in [5.74, 6) is -0.149. The molecule has 0 aromatic heterocycles. The number of nitrogens with one attached hydrogen (secondary N) is 1. The van der Waals surface area contributed by atoms with Crippen molar-refractivity contribution < 1.29 is 9.90 Å². The number of carbonyl (C=O) groups excluding carboxylic acids is 1. The molecule has 1 aromatic rings. The molecular weight excluding hydrogens is 214 g/mol. The molecule has 3 nitrogen and oxygen atoms in total. The molecule has 0 fully saturated rings. The Bertz CT molecular complexity index is 374. The van der Waals surface area contributed by atoms with E-state index in [0.29, 0.717) is 12.1 Å². The summed E-state index contributed by atoms with van der Waals surface area (Å²) in [7, 11) is 0. The Balaban J connectivity index is 2.44. The highest BCUT2D eigenvalue weighted by Crippen LogP contribution is 2.17. The molecule has 3 heteroatoms. The first-order chi connectivity index (χ1) is 8.15. The lowest BCUT2D eigenvalue weighted by molar-refractivity contribution is 0.0950. The third-order valence-corrected chi connectivity index (χ3v) is 2.71. The second-order valence-corrected chi connectivity index (χ2v) is 4.34. The summed E-state index contributed by atoms with van der Waals surface area (Å²) in [5.41, 5.74) is 1.33. The standard InChI is InChI=1S/C14H21NO2/c1-3-4-5-6-9-15-14(17)12-10-11(2)7-8-13(12)16/h7-8,10,16H,3-6,9H2,1-2H3,(H,15,17). The Labute approximate surface area is 103 Å². The van der Waals surface area contributed by atoms with Crippen LogP contribution in [0.15, 0.2) is 18.2 Å². The second kappa shape index (κ2) is 6.94. The Hall–Kier alpha value is -1.51. The second-order valence-electron chi connectivity index (χ2n) is 4.34.